The Bertz CT molecular complexity index is 1090. The number of aromatic nitrogens is 1. The van der Waals surface area contributed by atoms with Crippen molar-refractivity contribution in [3.8, 4) is 5.75 Å². The van der Waals surface area contributed by atoms with E-state index in [0.29, 0.717) is 41.9 Å². The van der Waals surface area contributed by atoms with Gasteiger partial charge in [0, 0.05) is 37.3 Å². The van der Waals surface area contributed by atoms with Crippen LogP contribution in [0.1, 0.15) is 36.6 Å². The minimum Gasteiger partial charge on any atom is -0.493 e. The number of hydrogen-bond acceptors (Lipinski definition) is 6. The summed E-state index contributed by atoms with van der Waals surface area (Å²) in [6, 6.07) is 9.76. The van der Waals surface area contributed by atoms with Crippen molar-refractivity contribution >= 4 is 15.7 Å². The maximum atomic E-state index is 13.8. The van der Waals surface area contributed by atoms with Gasteiger partial charge in [0.2, 0.25) is 0 Å². The van der Waals surface area contributed by atoms with Crippen molar-refractivity contribution in [2.24, 2.45) is 0 Å². The average molecular weight is 441 g/mol. The molecule has 164 valence electrons. The van der Waals surface area contributed by atoms with E-state index in [9.17, 15) is 8.42 Å². The van der Waals surface area contributed by atoms with Gasteiger partial charge >= 0.3 is 0 Å². The smallest absolute Gasteiger partial charge is 0.264 e. The molecule has 0 amide bonds. The number of pyridine rings is 1. The third kappa shape index (κ3) is 3.15. The summed E-state index contributed by atoms with van der Waals surface area (Å²) in [7, 11) is -3.69. The second-order valence-corrected chi connectivity index (χ2v) is 10.8. The summed E-state index contributed by atoms with van der Waals surface area (Å²) in [6.07, 6.45) is 6.03. The van der Waals surface area contributed by atoms with Gasteiger partial charge in [0.05, 0.1) is 35.5 Å². The molecule has 0 N–H and O–H groups in total. The Morgan fingerprint density at radius 1 is 1.00 bits per heavy atom. The first kappa shape index (κ1) is 19.5. The molecule has 1 aromatic carbocycles. The van der Waals surface area contributed by atoms with Crippen molar-refractivity contribution in [3.63, 3.8) is 0 Å². The molecule has 0 spiro atoms. The van der Waals surface area contributed by atoms with E-state index in [1.165, 1.54) is 19.5 Å². The van der Waals surface area contributed by atoms with Crippen LogP contribution in [0.3, 0.4) is 0 Å². The van der Waals surface area contributed by atoms with Gasteiger partial charge in [-0.15, -0.1) is 0 Å². The van der Waals surface area contributed by atoms with Crippen molar-refractivity contribution in [3.05, 3.63) is 47.8 Å². The first-order valence-electron chi connectivity index (χ1n) is 11.3. The number of piperidine rings is 1. The number of benzene rings is 1. The van der Waals surface area contributed by atoms with Gasteiger partial charge in [-0.25, -0.2) is 8.42 Å². The van der Waals surface area contributed by atoms with E-state index in [1.807, 2.05) is 18.2 Å². The van der Waals surface area contributed by atoms with E-state index < -0.39 is 10.0 Å². The lowest BCUT2D eigenvalue weighted by atomic mass is 9.98. The number of ether oxygens (including phenoxy) is 1. The Balaban J connectivity index is 1.29. The molecule has 31 heavy (non-hydrogen) atoms. The molecule has 1 atom stereocenters. The highest BCUT2D eigenvalue weighted by Gasteiger charge is 2.42. The molecule has 4 aliphatic heterocycles. The van der Waals surface area contributed by atoms with Crippen LogP contribution in [0.2, 0.25) is 0 Å². The zero-order valence-electron chi connectivity index (χ0n) is 17.6. The van der Waals surface area contributed by atoms with E-state index in [1.54, 1.807) is 22.6 Å². The Hall–Kier alpha value is -2.16. The monoisotopic (exact) mass is 440 g/mol. The number of hydrogen-bond donors (Lipinski definition) is 0. The first-order chi connectivity index (χ1) is 15.1. The zero-order chi connectivity index (χ0) is 21.0. The fraction of sp³-hybridized carbons (Fsp3) is 0.522. The van der Waals surface area contributed by atoms with Gasteiger partial charge < -0.3 is 9.64 Å². The number of rotatable bonds is 4. The first-order valence-corrected chi connectivity index (χ1v) is 12.8. The quantitative estimate of drug-likeness (QED) is 0.728. The lowest BCUT2D eigenvalue weighted by Gasteiger charge is -2.44. The molecule has 2 saturated heterocycles. The second kappa shape index (κ2) is 7.46. The van der Waals surface area contributed by atoms with Crippen molar-refractivity contribution < 1.29 is 13.2 Å². The molecule has 2 fully saturated rings. The van der Waals surface area contributed by atoms with Crippen molar-refractivity contribution in [2.45, 2.75) is 42.7 Å². The van der Waals surface area contributed by atoms with E-state index in [4.69, 9.17) is 4.74 Å². The SMILES string of the molecule is O=S(=O)(c1cccc2c1CCO2)N1CC(N2CCC(N3CCC3)CC2)c2ncccc21. The molecule has 1 aromatic heterocycles. The van der Waals surface area contributed by atoms with E-state index in [-0.39, 0.29) is 6.04 Å². The minimum absolute atomic E-state index is 0.0105. The molecule has 8 heteroatoms. The second-order valence-electron chi connectivity index (χ2n) is 8.95. The Kier molecular flexibility index (Phi) is 4.70. The van der Waals surface area contributed by atoms with Crippen LogP contribution in [0.25, 0.3) is 0 Å². The molecule has 1 unspecified atom stereocenters. The van der Waals surface area contributed by atoms with Crippen LogP contribution in [0.5, 0.6) is 5.75 Å². The van der Waals surface area contributed by atoms with E-state index in [2.05, 4.69) is 14.8 Å². The molecule has 6 rings (SSSR count). The van der Waals surface area contributed by atoms with Crippen molar-refractivity contribution in [1.82, 2.24) is 14.8 Å². The van der Waals surface area contributed by atoms with Crippen LogP contribution in [-0.4, -0.2) is 68.6 Å². The minimum atomic E-state index is -3.69. The summed E-state index contributed by atoms with van der Waals surface area (Å²) >= 11 is 0. The average Bonchev–Trinajstić information content (AvgIpc) is 3.38. The predicted octanol–water partition coefficient (Wildman–Crippen LogP) is 2.44. The lowest BCUT2D eigenvalue weighted by Crippen LogP contribution is -2.51. The lowest BCUT2D eigenvalue weighted by molar-refractivity contribution is 0.0505. The van der Waals surface area contributed by atoms with Crippen LogP contribution in [0, 0.1) is 0 Å². The van der Waals surface area contributed by atoms with Crippen molar-refractivity contribution in [2.75, 3.05) is 43.6 Å². The van der Waals surface area contributed by atoms with Crippen LogP contribution >= 0.6 is 0 Å². The van der Waals surface area contributed by atoms with Gasteiger partial charge in [-0.3, -0.25) is 14.2 Å². The molecule has 0 aliphatic carbocycles. The summed E-state index contributed by atoms with van der Waals surface area (Å²) < 4.78 is 34.8. The molecule has 4 aliphatic rings. The van der Waals surface area contributed by atoms with Gasteiger partial charge in [0.1, 0.15) is 5.75 Å². The van der Waals surface area contributed by atoms with Gasteiger partial charge in [-0.05, 0) is 56.6 Å². The van der Waals surface area contributed by atoms with Crippen LogP contribution < -0.4 is 9.04 Å². The Labute approximate surface area is 183 Å². The fourth-order valence-corrected chi connectivity index (χ4v) is 7.31. The number of likely N-dealkylation sites (tertiary alicyclic amines) is 2. The van der Waals surface area contributed by atoms with Gasteiger partial charge in [0.15, 0.2) is 0 Å². The molecule has 0 saturated carbocycles. The predicted molar refractivity (Wildman–Crippen MR) is 118 cm³/mol. The number of sulfonamides is 1. The number of fused-ring (bicyclic) bond motifs is 2. The van der Waals surface area contributed by atoms with Gasteiger partial charge in [0.25, 0.3) is 10.0 Å². The fourth-order valence-electron chi connectivity index (χ4n) is 5.55. The Morgan fingerprint density at radius 2 is 1.84 bits per heavy atom. The molecule has 0 bridgehead atoms. The molecule has 0 radical (unpaired) electrons. The molecular weight excluding hydrogens is 412 g/mol. The number of nitrogens with zero attached hydrogens (tertiary/aromatic N) is 4. The normalized spacial score (nSPS) is 24.5. The largest absolute Gasteiger partial charge is 0.493 e. The summed E-state index contributed by atoms with van der Waals surface area (Å²) in [6.45, 7) is 5.40. The molecule has 5 heterocycles. The van der Waals surface area contributed by atoms with Crippen molar-refractivity contribution in [1.29, 1.82) is 0 Å². The zero-order valence-corrected chi connectivity index (χ0v) is 18.4. The summed E-state index contributed by atoms with van der Waals surface area (Å²) in [4.78, 5) is 10.0. The summed E-state index contributed by atoms with van der Waals surface area (Å²) in [5.74, 6) is 0.691. The van der Waals surface area contributed by atoms with E-state index >= 15 is 0 Å². The standard InChI is InChI=1S/C23H28N4O3S/c28-31(29,22-6-1-5-21-18(22)9-15-30-21)27-16-20(23-19(27)4-2-10-24-23)26-13-7-17(8-14-26)25-11-3-12-25/h1-2,4-6,10,17,20H,3,7-9,11-16H2. The number of anilines is 1. The maximum absolute atomic E-state index is 13.8. The highest BCUT2D eigenvalue weighted by Crippen LogP contribution is 2.42. The maximum Gasteiger partial charge on any atom is 0.264 e. The summed E-state index contributed by atoms with van der Waals surface area (Å²) in [5, 5.41) is 0. The van der Waals surface area contributed by atoms with E-state index in [0.717, 1.165) is 37.2 Å². The molecule has 7 nitrogen and oxygen atoms in total. The third-order valence-electron chi connectivity index (χ3n) is 7.35. The van der Waals surface area contributed by atoms with Crippen LogP contribution in [-0.2, 0) is 16.4 Å². The molecule has 2 aromatic rings. The van der Waals surface area contributed by atoms with Crippen LogP contribution in [0.4, 0.5) is 5.69 Å². The van der Waals surface area contributed by atoms with Gasteiger partial charge in [-0.1, -0.05) is 6.07 Å². The Morgan fingerprint density at radius 3 is 2.61 bits per heavy atom. The summed E-state index contributed by atoms with van der Waals surface area (Å²) in [5.41, 5.74) is 2.40. The highest BCUT2D eigenvalue weighted by atomic mass is 32.2. The highest BCUT2D eigenvalue weighted by molar-refractivity contribution is 7.93. The topological polar surface area (TPSA) is 66.0 Å². The molecular formula is C23H28N4O3S. The van der Waals surface area contributed by atoms with Gasteiger partial charge in [-0.2, -0.15) is 0 Å². The van der Waals surface area contributed by atoms with Crippen LogP contribution in [0.15, 0.2) is 41.4 Å². The third-order valence-corrected chi connectivity index (χ3v) is 9.22.